The number of nitrogens with zero attached hydrogens (tertiary/aromatic N) is 1. The standard InChI is InChI=1S/C18H19N3O4S/c1-12-11-20-17-10-15(24-3)8-9-16(17)18(12)25-14-6-4-13(5-7-14)21-26(22,23)19-2/h4-11,19,21H,1-3H3. The van der Waals surface area contributed by atoms with Crippen LogP contribution in [-0.2, 0) is 10.2 Å². The van der Waals surface area contributed by atoms with Gasteiger partial charge in [-0.2, -0.15) is 8.42 Å². The van der Waals surface area contributed by atoms with E-state index in [0.717, 1.165) is 22.2 Å². The lowest BCUT2D eigenvalue weighted by molar-refractivity contribution is 0.415. The summed E-state index contributed by atoms with van der Waals surface area (Å²) in [6.45, 7) is 1.92. The summed E-state index contributed by atoms with van der Waals surface area (Å²) in [4.78, 5) is 4.41. The van der Waals surface area contributed by atoms with E-state index in [-0.39, 0.29) is 0 Å². The van der Waals surface area contributed by atoms with Crippen LogP contribution in [0.25, 0.3) is 10.9 Å². The zero-order valence-electron chi connectivity index (χ0n) is 14.6. The summed E-state index contributed by atoms with van der Waals surface area (Å²) in [5.41, 5.74) is 2.10. The van der Waals surface area contributed by atoms with Crippen molar-refractivity contribution in [1.82, 2.24) is 9.71 Å². The highest BCUT2D eigenvalue weighted by atomic mass is 32.2. The van der Waals surface area contributed by atoms with E-state index >= 15 is 0 Å². The molecular weight excluding hydrogens is 354 g/mol. The fourth-order valence-electron chi connectivity index (χ4n) is 2.43. The highest BCUT2D eigenvalue weighted by Crippen LogP contribution is 2.34. The Morgan fingerprint density at radius 3 is 2.38 bits per heavy atom. The lowest BCUT2D eigenvalue weighted by atomic mass is 10.1. The monoisotopic (exact) mass is 373 g/mol. The van der Waals surface area contributed by atoms with Crippen LogP contribution in [0.15, 0.2) is 48.7 Å². The van der Waals surface area contributed by atoms with Crippen LogP contribution in [0, 0.1) is 6.92 Å². The molecule has 136 valence electrons. The topological polar surface area (TPSA) is 89.6 Å². The van der Waals surface area contributed by atoms with E-state index < -0.39 is 10.2 Å². The molecule has 26 heavy (non-hydrogen) atoms. The van der Waals surface area contributed by atoms with Gasteiger partial charge in [0.05, 0.1) is 18.3 Å². The van der Waals surface area contributed by atoms with E-state index in [1.165, 1.54) is 7.05 Å². The number of hydrogen-bond acceptors (Lipinski definition) is 5. The number of rotatable bonds is 6. The number of hydrogen-bond donors (Lipinski definition) is 2. The molecule has 2 N–H and O–H groups in total. The zero-order chi connectivity index (χ0) is 18.7. The number of methoxy groups -OCH3 is 1. The number of ether oxygens (including phenoxy) is 2. The second kappa shape index (κ2) is 7.19. The predicted molar refractivity (Wildman–Crippen MR) is 101 cm³/mol. The first-order valence-electron chi connectivity index (χ1n) is 7.84. The summed E-state index contributed by atoms with van der Waals surface area (Å²) >= 11 is 0. The SMILES string of the molecule is CNS(=O)(=O)Nc1ccc(Oc2c(C)cnc3cc(OC)ccc23)cc1. The first-order chi connectivity index (χ1) is 12.4. The van der Waals surface area contributed by atoms with E-state index in [9.17, 15) is 8.42 Å². The molecule has 0 radical (unpaired) electrons. The minimum Gasteiger partial charge on any atom is -0.497 e. The first kappa shape index (κ1) is 18.0. The third-order valence-corrected chi connectivity index (χ3v) is 4.84. The molecule has 0 saturated carbocycles. The number of fused-ring (bicyclic) bond motifs is 1. The molecule has 3 aromatic rings. The highest BCUT2D eigenvalue weighted by molar-refractivity contribution is 7.90. The molecule has 0 fully saturated rings. The average Bonchev–Trinajstić information content (AvgIpc) is 2.65. The Labute approximate surface area is 152 Å². The van der Waals surface area contributed by atoms with Crippen LogP contribution in [0.5, 0.6) is 17.2 Å². The van der Waals surface area contributed by atoms with Gasteiger partial charge in [-0.1, -0.05) is 0 Å². The first-order valence-corrected chi connectivity index (χ1v) is 9.33. The van der Waals surface area contributed by atoms with Gasteiger partial charge in [-0.05, 0) is 43.3 Å². The Morgan fingerprint density at radius 2 is 1.73 bits per heavy atom. The van der Waals surface area contributed by atoms with Gasteiger partial charge in [-0.3, -0.25) is 9.71 Å². The van der Waals surface area contributed by atoms with Gasteiger partial charge in [0.25, 0.3) is 10.2 Å². The van der Waals surface area contributed by atoms with Crippen molar-refractivity contribution >= 4 is 26.8 Å². The molecule has 0 unspecified atom stereocenters. The van der Waals surface area contributed by atoms with E-state index in [4.69, 9.17) is 9.47 Å². The molecule has 0 atom stereocenters. The summed E-state index contributed by atoms with van der Waals surface area (Å²) in [5.74, 6) is 2.01. The number of benzene rings is 2. The van der Waals surface area contributed by atoms with Crippen molar-refractivity contribution in [3.63, 3.8) is 0 Å². The van der Waals surface area contributed by atoms with Crippen molar-refractivity contribution in [3.05, 3.63) is 54.2 Å². The van der Waals surface area contributed by atoms with Gasteiger partial charge in [0, 0.05) is 30.3 Å². The molecule has 0 aliphatic carbocycles. The van der Waals surface area contributed by atoms with Gasteiger partial charge in [-0.15, -0.1) is 0 Å². The molecule has 2 aromatic carbocycles. The molecule has 8 heteroatoms. The fraction of sp³-hybridized carbons (Fsp3) is 0.167. The number of pyridine rings is 1. The summed E-state index contributed by atoms with van der Waals surface area (Å²) < 4.78 is 38.9. The van der Waals surface area contributed by atoms with Crippen molar-refractivity contribution in [2.24, 2.45) is 0 Å². The van der Waals surface area contributed by atoms with Gasteiger partial charge in [0.2, 0.25) is 0 Å². The largest absolute Gasteiger partial charge is 0.497 e. The molecule has 0 aliphatic heterocycles. The number of aryl methyl sites for hydroxylation is 1. The highest BCUT2D eigenvalue weighted by Gasteiger charge is 2.11. The van der Waals surface area contributed by atoms with Crippen LogP contribution in [-0.4, -0.2) is 27.6 Å². The summed E-state index contributed by atoms with van der Waals surface area (Å²) in [5, 5.41) is 0.866. The van der Waals surface area contributed by atoms with Gasteiger partial charge >= 0.3 is 0 Å². The van der Waals surface area contributed by atoms with Gasteiger partial charge in [0.15, 0.2) is 0 Å². The third-order valence-electron chi connectivity index (χ3n) is 3.80. The van der Waals surface area contributed by atoms with Crippen LogP contribution in [0.3, 0.4) is 0 Å². The molecule has 0 bridgehead atoms. The van der Waals surface area contributed by atoms with Gasteiger partial charge in [-0.25, -0.2) is 4.72 Å². The molecule has 1 aromatic heterocycles. The fourth-order valence-corrected chi connectivity index (χ4v) is 2.97. The quantitative estimate of drug-likeness (QED) is 0.692. The molecule has 0 aliphatic rings. The molecule has 3 rings (SSSR count). The Balaban J connectivity index is 1.90. The second-order valence-corrected chi connectivity index (χ2v) is 7.21. The van der Waals surface area contributed by atoms with E-state index in [2.05, 4.69) is 14.4 Å². The molecular formula is C18H19N3O4S. The molecule has 0 amide bonds. The normalized spacial score (nSPS) is 11.3. The third kappa shape index (κ3) is 3.87. The summed E-state index contributed by atoms with van der Waals surface area (Å²) in [7, 11) is -0.600. The van der Waals surface area contributed by atoms with Crippen LogP contribution in [0.2, 0.25) is 0 Å². The van der Waals surface area contributed by atoms with Crippen LogP contribution in [0.4, 0.5) is 5.69 Å². The lowest BCUT2D eigenvalue weighted by Gasteiger charge is -2.13. The molecule has 7 nitrogen and oxygen atoms in total. The van der Waals surface area contributed by atoms with Crippen molar-refractivity contribution in [3.8, 4) is 17.2 Å². The Hall–Kier alpha value is -2.84. The zero-order valence-corrected chi connectivity index (χ0v) is 15.4. The van der Waals surface area contributed by atoms with Crippen molar-refractivity contribution in [2.75, 3.05) is 18.9 Å². The van der Waals surface area contributed by atoms with E-state index in [1.54, 1.807) is 37.6 Å². The smallest absolute Gasteiger partial charge is 0.298 e. The van der Waals surface area contributed by atoms with E-state index in [1.807, 2.05) is 25.1 Å². The minimum absolute atomic E-state index is 0.438. The van der Waals surface area contributed by atoms with Gasteiger partial charge < -0.3 is 9.47 Å². The van der Waals surface area contributed by atoms with Crippen molar-refractivity contribution < 1.29 is 17.9 Å². The second-order valence-electron chi connectivity index (χ2n) is 5.59. The Bertz CT molecular complexity index is 1030. The van der Waals surface area contributed by atoms with Crippen LogP contribution in [0.1, 0.15) is 5.56 Å². The molecule has 0 saturated heterocycles. The summed E-state index contributed by atoms with van der Waals surface area (Å²) in [6, 6.07) is 12.3. The number of anilines is 1. The maximum absolute atomic E-state index is 11.5. The summed E-state index contributed by atoms with van der Waals surface area (Å²) in [6.07, 6.45) is 1.74. The number of nitrogens with one attached hydrogen (secondary N) is 2. The van der Waals surface area contributed by atoms with Crippen LogP contribution >= 0.6 is 0 Å². The molecule has 1 heterocycles. The van der Waals surface area contributed by atoms with E-state index in [0.29, 0.717) is 17.2 Å². The maximum Gasteiger partial charge on any atom is 0.298 e. The Kier molecular flexibility index (Phi) is 4.97. The van der Waals surface area contributed by atoms with Crippen LogP contribution < -0.4 is 18.9 Å². The van der Waals surface area contributed by atoms with Gasteiger partial charge in [0.1, 0.15) is 17.2 Å². The lowest BCUT2D eigenvalue weighted by Crippen LogP contribution is -2.26. The number of aromatic nitrogens is 1. The van der Waals surface area contributed by atoms with Crippen molar-refractivity contribution in [1.29, 1.82) is 0 Å². The Morgan fingerprint density at radius 1 is 1.04 bits per heavy atom. The minimum atomic E-state index is -3.55. The van der Waals surface area contributed by atoms with Crippen molar-refractivity contribution in [2.45, 2.75) is 6.92 Å². The maximum atomic E-state index is 11.5. The average molecular weight is 373 g/mol. The molecule has 0 spiro atoms. The predicted octanol–water partition coefficient (Wildman–Crippen LogP) is 3.22.